The lowest BCUT2D eigenvalue weighted by atomic mass is 9.69. The molecule has 4 nitrogen and oxygen atoms in total. The van der Waals surface area contributed by atoms with E-state index in [4.69, 9.17) is 5.73 Å². The number of hydrogen-bond donors (Lipinski definition) is 2. The Morgan fingerprint density at radius 1 is 0.923 bits per heavy atom. The van der Waals surface area contributed by atoms with Crippen LogP contribution in [0.4, 0.5) is 0 Å². The van der Waals surface area contributed by atoms with Gasteiger partial charge in [-0.25, -0.2) is 0 Å². The van der Waals surface area contributed by atoms with E-state index in [1.165, 1.54) is 0 Å². The monoisotopic (exact) mass is 367 g/mol. The topological polar surface area (TPSA) is 80.4 Å². The van der Waals surface area contributed by atoms with Gasteiger partial charge >= 0.3 is 5.97 Å². The minimum absolute atomic E-state index is 0.0565. The standard InChI is InChI=1S/C22H41NO3/c1-16(19(25)26)15-21(5)9-7-8-10-22(6,18(24)17(2)23)14-12-20(3,4)11-13-21/h16-17H,7-15,23H2,1-6H3,(H,25,26). The number of carboxylic acid groups (broad SMARTS) is 1. The first-order valence-corrected chi connectivity index (χ1v) is 10.3. The summed E-state index contributed by atoms with van der Waals surface area (Å²) in [5, 5.41) is 9.33. The molecular formula is C22H41NO3. The maximum atomic E-state index is 12.7. The summed E-state index contributed by atoms with van der Waals surface area (Å²) in [5.41, 5.74) is 5.81. The van der Waals surface area contributed by atoms with Crippen LogP contribution in [0.3, 0.4) is 0 Å². The van der Waals surface area contributed by atoms with E-state index in [9.17, 15) is 14.7 Å². The third-order valence-corrected chi connectivity index (χ3v) is 6.75. The zero-order valence-corrected chi connectivity index (χ0v) is 17.9. The predicted octanol–water partition coefficient (Wildman–Crippen LogP) is 5.19. The van der Waals surface area contributed by atoms with Crippen molar-refractivity contribution in [2.24, 2.45) is 27.9 Å². The molecule has 4 unspecified atom stereocenters. The van der Waals surface area contributed by atoms with Crippen molar-refractivity contribution in [1.82, 2.24) is 0 Å². The molecule has 0 aromatic carbocycles. The lowest BCUT2D eigenvalue weighted by Gasteiger charge is -2.36. The van der Waals surface area contributed by atoms with Crippen molar-refractivity contribution in [1.29, 1.82) is 0 Å². The smallest absolute Gasteiger partial charge is 0.306 e. The Labute approximate surface area is 160 Å². The first-order chi connectivity index (χ1) is 11.8. The number of hydrogen-bond acceptors (Lipinski definition) is 3. The third-order valence-electron chi connectivity index (χ3n) is 6.75. The fourth-order valence-corrected chi connectivity index (χ4v) is 4.52. The number of ketones is 1. The van der Waals surface area contributed by atoms with Crippen molar-refractivity contribution in [3.8, 4) is 0 Å². The molecule has 1 rings (SSSR count). The van der Waals surface area contributed by atoms with Crippen molar-refractivity contribution in [3.63, 3.8) is 0 Å². The van der Waals surface area contributed by atoms with E-state index >= 15 is 0 Å². The number of rotatable bonds is 5. The van der Waals surface area contributed by atoms with E-state index in [2.05, 4.69) is 27.7 Å². The van der Waals surface area contributed by atoms with Gasteiger partial charge in [0.05, 0.1) is 12.0 Å². The molecule has 4 atom stereocenters. The first kappa shape index (κ1) is 23.1. The molecule has 0 bridgehead atoms. The molecule has 0 heterocycles. The van der Waals surface area contributed by atoms with Crippen molar-refractivity contribution in [3.05, 3.63) is 0 Å². The van der Waals surface area contributed by atoms with Gasteiger partial charge in [0.2, 0.25) is 0 Å². The largest absolute Gasteiger partial charge is 0.481 e. The van der Waals surface area contributed by atoms with Crippen LogP contribution >= 0.6 is 0 Å². The molecular weight excluding hydrogens is 326 g/mol. The number of carbonyl (C=O) groups excluding carboxylic acids is 1. The third kappa shape index (κ3) is 6.68. The average molecular weight is 368 g/mol. The van der Waals surface area contributed by atoms with Gasteiger partial charge in [-0.2, -0.15) is 0 Å². The van der Waals surface area contributed by atoms with Crippen molar-refractivity contribution < 1.29 is 14.7 Å². The SMILES string of the molecule is CC(N)C(=O)C1(C)CCCCC(C)(CC(C)C(=O)O)CCC(C)(C)CC1. The molecule has 1 fully saturated rings. The van der Waals surface area contributed by atoms with Crippen molar-refractivity contribution in [2.75, 3.05) is 0 Å². The van der Waals surface area contributed by atoms with Gasteiger partial charge in [-0.3, -0.25) is 9.59 Å². The van der Waals surface area contributed by atoms with Gasteiger partial charge in [0.25, 0.3) is 0 Å². The Morgan fingerprint density at radius 3 is 2.00 bits per heavy atom. The minimum Gasteiger partial charge on any atom is -0.481 e. The summed E-state index contributed by atoms with van der Waals surface area (Å²) in [6.45, 7) is 12.5. The molecule has 0 radical (unpaired) electrons. The molecule has 0 aliphatic heterocycles. The Morgan fingerprint density at radius 2 is 1.46 bits per heavy atom. The fraction of sp³-hybridized carbons (Fsp3) is 0.909. The molecule has 0 amide bonds. The molecule has 3 N–H and O–H groups in total. The van der Waals surface area contributed by atoms with Crippen LogP contribution in [-0.2, 0) is 9.59 Å². The lowest BCUT2D eigenvalue weighted by molar-refractivity contribution is -0.142. The van der Waals surface area contributed by atoms with E-state index in [0.29, 0.717) is 0 Å². The zero-order valence-electron chi connectivity index (χ0n) is 17.9. The highest BCUT2D eigenvalue weighted by Crippen LogP contribution is 2.45. The highest BCUT2D eigenvalue weighted by molar-refractivity contribution is 5.88. The van der Waals surface area contributed by atoms with Crippen LogP contribution in [0.5, 0.6) is 0 Å². The zero-order chi connectivity index (χ0) is 20.2. The average Bonchev–Trinajstić information content (AvgIpc) is 2.56. The molecule has 26 heavy (non-hydrogen) atoms. The van der Waals surface area contributed by atoms with Gasteiger partial charge in [-0.1, -0.05) is 47.5 Å². The summed E-state index contributed by atoms with van der Waals surface area (Å²) in [4.78, 5) is 24.1. The summed E-state index contributed by atoms with van der Waals surface area (Å²) < 4.78 is 0. The summed E-state index contributed by atoms with van der Waals surface area (Å²) >= 11 is 0. The second kappa shape index (κ2) is 8.86. The highest BCUT2D eigenvalue weighted by atomic mass is 16.4. The maximum absolute atomic E-state index is 12.7. The molecule has 4 heteroatoms. The molecule has 1 aliphatic carbocycles. The Bertz CT molecular complexity index is 500. The van der Waals surface area contributed by atoms with Gasteiger partial charge in [0.1, 0.15) is 0 Å². The second-order valence-electron chi connectivity index (χ2n) is 10.3. The molecule has 0 spiro atoms. The van der Waals surface area contributed by atoms with Crippen LogP contribution < -0.4 is 5.73 Å². The Hall–Kier alpha value is -0.900. The summed E-state index contributed by atoms with van der Waals surface area (Å²) in [6, 6.07) is -0.407. The van der Waals surface area contributed by atoms with Crippen LogP contribution in [-0.4, -0.2) is 22.9 Å². The van der Waals surface area contributed by atoms with E-state index in [0.717, 1.165) is 57.8 Å². The number of aliphatic carboxylic acids is 1. The van der Waals surface area contributed by atoms with E-state index in [-0.39, 0.29) is 27.9 Å². The van der Waals surface area contributed by atoms with Crippen LogP contribution in [0.15, 0.2) is 0 Å². The summed E-state index contributed by atoms with van der Waals surface area (Å²) in [5.74, 6) is -0.817. The lowest BCUT2D eigenvalue weighted by Crippen LogP contribution is -2.40. The van der Waals surface area contributed by atoms with Crippen LogP contribution in [0, 0.1) is 22.2 Å². The fourth-order valence-electron chi connectivity index (χ4n) is 4.52. The Balaban J connectivity index is 2.96. The van der Waals surface area contributed by atoms with Gasteiger partial charge < -0.3 is 10.8 Å². The van der Waals surface area contributed by atoms with Gasteiger partial charge in [0, 0.05) is 5.41 Å². The van der Waals surface area contributed by atoms with E-state index < -0.39 is 12.0 Å². The molecule has 1 aliphatic rings. The second-order valence-corrected chi connectivity index (χ2v) is 10.3. The van der Waals surface area contributed by atoms with Crippen molar-refractivity contribution in [2.45, 2.75) is 105 Å². The molecule has 152 valence electrons. The van der Waals surface area contributed by atoms with E-state index in [1.54, 1.807) is 6.92 Å². The summed E-state index contributed by atoms with van der Waals surface area (Å²) in [7, 11) is 0. The highest BCUT2D eigenvalue weighted by Gasteiger charge is 2.38. The maximum Gasteiger partial charge on any atom is 0.306 e. The molecule has 0 saturated heterocycles. The number of carbonyl (C=O) groups is 2. The van der Waals surface area contributed by atoms with Gasteiger partial charge in [-0.15, -0.1) is 0 Å². The van der Waals surface area contributed by atoms with E-state index in [1.807, 2.05) is 6.92 Å². The quantitative estimate of drug-likeness (QED) is 0.701. The van der Waals surface area contributed by atoms with Crippen LogP contribution in [0.2, 0.25) is 0 Å². The minimum atomic E-state index is -0.699. The molecule has 0 aromatic rings. The number of nitrogens with two attached hydrogens (primary N) is 1. The predicted molar refractivity (Wildman–Crippen MR) is 107 cm³/mol. The molecule has 0 aromatic heterocycles. The van der Waals surface area contributed by atoms with Crippen molar-refractivity contribution >= 4 is 11.8 Å². The van der Waals surface area contributed by atoms with Crippen LogP contribution in [0.1, 0.15) is 99.3 Å². The van der Waals surface area contributed by atoms with Gasteiger partial charge in [0.15, 0.2) is 5.78 Å². The molecule has 1 saturated carbocycles. The normalized spacial score (nSPS) is 32.9. The number of Topliss-reactive ketones (excluding diaryl/α,β-unsaturated/α-hetero) is 1. The first-order valence-electron chi connectivity index (χ1n) is 10.3. The number of carboxylic acids is 1. The van der Waals surface area contributed by atoms with Crippen LogP contribution in [0.25, 0.3) is 0 Å². The Kier molecular flexibility index (Phi) is 7.88. The van der Waals surface area contributed by atoms with Gasteiger partial charge in [-0.05, 0) is 62.7 Å². The summed E-state index contributed by atoms with van der Waals surface area (Å²) in [6.07, 6.45) is 8.71.